The molecule has 0 aromatic heterocycles. The minimum absolute atomic E-state index is 0.440. The minimum atomic E-state index is 0.440. The summed E-state index contributed by atoms with van der Waals surface area (Å²) in [4.78, 5) is 0. The standard InChI is InChI=1S/C17H28O2/c1-2-14-19-15-10-6-4-3-5-7-11-16-12-8-9-13-17(16)18/h8-9,12-13,18H,2-7,10-11,14-15H2,1H3. The molecule has 0 unspecified atom stereocenters. The Bertz CT molecular complexity index is 323. The summed E-state index contributed by atoms with van der Waals surface area (Å²) >= 11 is 0. The molecule has 0 radical (unpaired) electrons. The highest BCUT2D eigenvalue weighted by atomic mass is 16.5. The molecule has 1 N–H and O–H groups in total. The van der Waals surface area contributed by atoms with Crippen LogP contribution in [0.2, 0.25) is 0 Å². The molecular weight excluding hydrogens is 236 g/mol. The zero-order valence-electron chi connectivity index (χ0n) is 12.2. The molecule has 0 bridgehead atoms. The number of rotatable bonds is 11. The predicted octanol–water partition coefficient (Wildman–Crippen LogP) is 4.70. The third-order valence-electron chi connectivity index (χ3n) is 3.32. The number of phenols is 1. The third kappa shape index (κ3) is 7.89. The molecule has 0 heterocycles. The molecule has 2 heteroatoms. The largest absolute Gasteiger partial charge is 0.508 e. The Morgan fingerprint density at radius 3 is 2.32 bits per heavy atom. The summed E-state index contributed by atoms with van der Waals surface area (Å²) in [5, 5.41) is 9.64. The molecule has 0 saturated carbocycles. The number of ether oxygens (including phenoxy) is 1. The summed E-state index contributed by atoms with van der Waals surface area (Å²) < 4.78 is 5.45. The van der Waals surface area contributed by atoms with E-state index in [0.29, 0.717) is 5.75 Å². The Kier molecular flexibility index (Phi) is 9.17. The number of phenolic OH excluding ortho intramolecular Hbond substituents is 1. The van der Waals surface area contributed by atoms with Gasteiger partial charge < -0.3 is 9.84 Å². The number of unbranched alkanes of at least 4 members (excludes halogenated alkanes) is 5. The van der Waals surface area contributed by atoms with Crippen LogP contribution in [0.25, 0.3) is 0 Å². The summed E-state index contributed by atoms with van der Waals surface area (Å²) in [5.74, 6) is 0.440. The van der Waals surface area contributed by atoms with Crippen molar-refractivity contribution in [1.82, 2.24) is 0 Å². The van der Waals surface area contributed by atoms with E-state index in [9.17, 15) is 5.11 Å². The molecule has 0 amide bonds. The second-order valence-corrected chi connectivity index (χ2v) is 5.11. The Balaban J connectivity index is 1.90. The van der Waals surface area contributed by atoms with Crippen LogP contribution in [-0.4, -0.2) is 18.3 Å². The predicted molar refractivity (Wildman–Crippen MR) is 80.6 cm³/mol. The van der Waals surface area contributed by atoms with E-state index in [1.165, 1.54) is 38.5 Å². The van der Waals surface area contributed by atoms with Gasteiger partial charge in [0.05, 0.1) is 0 Å². The summed E-state index contributed by atoms with van der Waals surface area (Å²) in [6.07, 6.45) is 9.60. The highest BCUT2D eigenvalue weighted by molar-refractivity contribution is 5.31. The first-order valence-corrected chi connectivity index (χ1v) is 7.69. The molecule has 0 aliphatic rings. The lowest BCUT2D eigenvalue weighted by Gasteiger charge is -2.05. The van der Waals surface area contributed by atoms with E-state index in [0.717, 1.165) is 31.6 Å². The molecule has 1 rings (SSSR count). The van der Waals surface area contributed by atoms with Crippen molar-refractivity contribution >= 4 is 0 Å². The van der Waals surface area contributed by atoms with Gasteiger partial charge in [-0.1, -0.05) is 50.8 Å². The first kappa shape index (κ1) is 16.0. The van der Waals surface area contributed by atoms with E-state index < -0.39 is 0 Å². The van der Waals surface area contributed by atoms with E-state index >= 15 is 0 Å². The Labute approximate surface area is 117 Å². The van der Waals surface area contributed by atoms with Crippen LogP contribution in [0.4, 0.5) is 0 Å². The first-order valence-electron chi connectivity index (χ1n) is 7.69. The Morgan fingerprint density at radius 2 is 1.58 bits per heavy atom. The van der Waals surface area contributed by atoms with Crippen molar-refractivity contribution < 1.29 is 9.84 Å². The molecule has 0 spiro atoms. The van der Waals surface area contributed by atoms with Crippen molar-refractivity contribution in [2.45, 2.75) is 58.3 Å². The van der Waals surface area contributed by atoms with Gasteiger partial charge in [-0.05, 0) is 37.3 Å². The number of hydrogen-bond acceptors (Lipinski definition) is 2. The molecule has 108 valence electrons. The molecule has 2 nitrogen and oxygen atoms in total. The first-order chi connectivity index (χ1) is 9.34. The summed E-state index contributed by atoms with van der Waals surface area (Å²) in [7, 11) is 0. The highest BCUT2D eigenvalue weighted by Crippen LogP contribution is 2.18. The molecule has 0 aliphatic carbocycles. The maximum atomic E-state index is 9.64. The normalized spacial score (nSPS) is 10.8. The van der Waals surface area contributed by atoms with Crippen molar-refractivity contribution in [1.29, 1.82) is 0 Å². The van der Waals surface area contributed by atoms with Gasteiger partial charge in [-0.15, -0.1) is 0 Å². The van der Waals surface area contributed by atoms with Crippen molar-refractivity contribution in [2.75, 3.05) is 13.2 Å². The molecule has 0 fully saturated rings. The van der Waals surface area contributed by atoms with E-state index in [4.69, 9.17) is 4.74 Å². The molecular formula is C17H28O2. The van der Waals surface area contributed by atoms with Crippen LogP contribution < -0.4 is 0 Å². The van der Waals surface area contributed by atoms with Gasteiger partial charge in [-0.3, -0.25) is 0 Å². The van der Waals surface area contributed by atoms with Crippen LogP contribution in [0.1, 0.15) is 57.4 Å². The van der Waals surface area contributed by atoms with Gasteiger partial charge in [-0.25, -0.2) is 0 Å². The average molecular weight is 264 g/mol. The van der Waals surface area contributed by atoms with Crippen molar-refractivity contribution in [3.8, 4) is 5.75 Å². The van der Waals surface area contributed by atoms with E-state index in [2.05, 4.69) is 6.92 Å². The molecule has 1 aromatic carbocycles. The topological polar surface area (TPSA) is 29.5 Å². The number of aromatic hydroxyl groups is 1. The van der Waals surface area contributed by atoms with Crippen molar-refractivity contribution in [3.63, 3.8) is 0 Å². The zero-order chi connectivity index (χ0) is 13.8. The maximum Gasteiger partial charge on any atom is 0.118 e. The second-order valence-electron chi connectivity index (χ2n) is 5.11. The van der Waals surface area contributed by atoms with Gasteiger partial charge in [0.1, 0.15) is 5.75 Å². The minimum Gasteiger partial charge on any atom is -0.508 e. The van der Waals surface area contributed by atoms with Gasteiger partial charge in [0.2, 0.25) is 0 Å². The lowest BCUT2D eigenvalue weighted by atomic mass is 10.0. The second kappa shape index (κ2) is 10.9. The molecule has 0 saturated heterocycles. The smallest absolute Gasteiger partial charge is 0.118 e. The van der Waals surface area contributed by atoms with Gasteiger partial charge in [0.25, 0.3) is 0 Å². The van der Waals surface area contributed by atoms with Crippen molar-refractivity contribution in [3.05, 3.63) is 29.8 Å². The van der Waals surface area contributed by atoms with Gasteiger partial charge in [0, 0.05) is 13.2 Å². The fourth-order valence-electron chi connectivity index (χ4n) is 2.20. The fraction of sp³-hybridized carbons (Fsp3) is 0.647. The van der Waals surface area contributed by atoms with Crippen molar-refractivity contribution in [2.24, 2.45) is 0 Å². The number of para-hydroxylation sites is 1. The van der Waals surface area contributed by atoms with Crippen LogP contribution in [-0.2, 0) is 11.2 Å². The van der Waals surface area contributed by atoms with Crippen LogP contribution >= 0.6 is 0 Å². The summed E-state index contributed by atoms with van der Waals surface area (Å²) in [5.41, 5.74) is 1.08. The summed E-state index contributed by atoms with van der Waals surface area (Å²) in [6.45, 7) is 3.97. The lowest BCUT2D eigenvalue weighted by molar-refractivity contribution is 0.130. The van der Waals surface area contributed by atoms with Crippen LogP contribution in [0, 0.1) is 0 Å². The van der Waals surface area contributed by atoms with Gasteiger partial charge >= 0.3 is 0 Å². The van der Waals surface area contributed by atoms with E-state index in [-0.39, 0.29) is 0 Å². The third-order valence-corrected chi connectivity index (χ3v) is 3.32. The Hall–Kier alpha value is -1.02. The fourth-order valence-corrected chi connectivity index (χ4v) is 2.20. The lowest BCUT2D eigenvalue weighted by Crippen LogP contribution is -1.95. The average Bonchev–Trinajstić information content (AvgIpc) is 2.43. The number of hydrogen-bond donors (Lipinski definition) is 1. The Morgan fingerprint density at radius 1 is 0.895 bits per heavy atom. The van der Waals surface area contributed by atoms with Gasteiger partial charge in [-0.2, -0.15) is 0 Å². The van der Waals surface area contributed by atoms with E-state index in [1.54, 1.807) is 6.07 Å². The summed E-state index contributed by atoms with van der Waals surface area (Å²) in [6, 6.07) is 7.65. The van der Waals surface area contributed by atoms with Crippen LogP contribution in [0.15, 0.2) is 24.3 Å². The van der Waals surface area contributed by atoms with Crippen LogP contribution in [0.3, 0.4) is 0 Å². The van der Waals surface area contributed by atoms with E-state index in [1.807, 2.05) is 18.2 Å². The van der Waals surface area contributed by atoms with Gasteiger partial charge in [0.15, 0.2) is 0 Å². The molecule has 0 aliphatic heterocycles. The zero-order valence-corrected chi connectivity index (χ0v) is 12.2. The quantitative estimate of drug-likeness (QED) is 0.587. The SMILES string of the molecule is CCCOCCCCCCCCc1ccccc1O. The number of benzene rings is 1. The monoisotopic (exact) mass is 264 g/mol. The highest BCUT2D eigenvalue weighted by Gasteiger charge is 1.99. The maximum absolute atomic E-state index is 9.64. The van der Waals surface area contributed by atoms with Crippen LogP contribution in [0.5, 0.6) is 5.75 Å². The molecule has 0 atom stereocenters. The molecule has 19 heavy (non-hydrogen) atoms. The molecule has 1 aromatic rings. The number of aryl methyl sites for hydroxylation is 1.